The van der Waals surface area contributed by atoms with Crippen LogP contribution in [-0.4, -0.2) is 34.6 Å². The van der Waals surface area contributed by atoms with E-state index in [0.29, 0.717) is 16.5 Å². The molecule has 3 rings (SSSR count). The normalized spacial score (nSPS) is 15.5. The topological polar surface area (TPSA) is 88.5 Å². The Kier molecular flexibility index (Phi) is 6.05. The minimum atomic E-state index is -1.28. The van der Waals surface area contributed by atoms with Gasteiger partial charge in [-0.3, -0.25) is 4.79 Å². The summed E-state index contributed by atoms with van der Waals surface area (Å²) in [6.45, 7) is 1.58. The second-order valence-electron chi connectivity index (χ2n) is 6.56. The summed E-state index contributed by atoms with van der Waals surface area (Å²) in [6, 6.07) is 5.04. The van der Waals surface area contributed by atoms with Crippen LogP contribution in [0, 0.1) is 12.7 Å². The van der Waals surface area contributed by atoms with Crippen molar-refractivity contribution in [2.24, 2.45) is 0 Å². The summed E-state index contributed by atoms with van der Waals surface area (Å²) in [4.78, 5) is 28.9. The number of aryl methyl sites for hydroxylation is 1. The van der Waals surface area contributed by atoms with E-state index in [1.54, 1.807) is 6.92 Å². The molecule has 1 aromatic heterocycles. The molecule has 1 amide bonds. The van der Waals surface area contributed by atoms with Crippen LogP contribution in [0.25, 0.3) is 0 Å². The van der Waals surface area contributed by atoms with Crippen molar-refractivity contribution in [3.05, 3.63) is 45.7 Å². The lowest BCUT2D eigenvalue weighted by Crippen LogP contribution is -2.40. The number of carboxylic acid groups (broad SMARTS) is 1. The van der Waals surface area contributed by atoms with Crippen molar-refractivity contribution >= 4 is 23.2 Å². The standard InChI is InChI=1S/C19H21FN2O4S/c1-11-16(27-18(22-11)12-4-2-3-5-12)17(23)21-10-15(19(24)25)26-14-8-6-13(20)7-9-14/h6-9,12,15H,2-5,10H2,1H3,(H,21,23)(H,24,25). The van der Waals surface area contributed by atoms with Crippen LogP contribution in [0.1, 0.15) is 52.0 Å². The molecule has 1 atom stereocenters. The van der Waals surface area contributed by atoms with Crippen molar-refractivity contribution in [1.82, 2.24) is 10.3 Å². The number of carbonyl (C=O) groups is 2. The molecule has 0 aliphatic heterocycles. The van der Waals surface area contributed by atoms with Crippen molar-refractivity contribution in [2.75, 3.05) is 6.54 Å². The lowest BCUT2D eigenvalue weighted by atomic mass is 10.1. The summed E-state index contributed by atoms with van der Waals surface area (Å²) in [5.74, 6) is -1.38. The van der Waals surface area contributed by atoms with E-state index in [4.69, 9.17) is 4.74 Å². The van der Waals surface area contributed by atoms with E-state index < -0.39 is 17.9 Å². The Bertz CT molecular complexity index is 816. The number of halogens is 1. The monoisotopic (exact) mass is 392 g/mol. The SMILES string of the molecule is Cc1nc(C2CCCC2)sc1C(=O)NCC(Oc1ccc(F)cc1)C(=O)O. The van der Waals surface area contributed by atoms with Crippen LogP contribution in [0.4, 0.5) is 4.39 Å². The lowest BCUT2D eigenvalue weighted by Gasteiger charge is -2.15. The highest BCUT2D eigenvalue weighted by molar-refractivity contribution is 7.13. The first-order chi connectivity index (χ1) is 12.9. The number of nitrogens with zero attached hydrogens (tertiary/aromatic N) is 1. The zero-order valence-corrected chi connectivity index (χ0v) is 15.7. The van der Waals surface area contributed by atoms with Gasteiger partial charge in [-0.15, -0.1) is 11.3 Å². The van der Waals surface area contributed by atoms with Gasteiger partial charge in [-0.2, -0.15) is 0 Å². The molecule has 0 bridgehead atoms. The Morgan fingerprint density at radius 3 is 2.63 bits per heavy atom. The number of carbonyl (C=O) groups excluding carboxylic acids is 1. The Labute approximate surface area is 160 Å². The minimum Gasteiger partial charge on any atom is -0.478 e. The number of aliphatic carboxylic acids is 1. The van der Waals surface area contributed by atoms with Crippen LogP contribution in [-0.2, 0) is 4.79 Å². The summed E-state index contributed by atoms with van der Waals surface area (Å²) in [5, 5.41) is 12.9. The number of benzene rings is 1. The van der Waals surface area contributed by atoms with Gasteiger partial charge in [0.15, 0.2) is 0 Å². The summed E-state index contributed by atoms with van der Waals surface area (Å²) in [6.07, 6.45) is 3.29. The molecule has 0 spiro atoms. The van der Waals surface area contributed by atoms with E-state index in [0.717, 1.165) is 17.8 Å². The number of amides is 1. The molecular weight excluding hydrogens is 371 g/mol. The van der Waals surface area contributed by atoms with E-state index >= 15 is 0 Å². The number of thiazole rings is 1. The Balaban J connectivity index is 1.62. The van der Waals surface area contributed by atoms with Gasteiger partial charge >= 0.3 is 5.97 Å². The van der Waals surface area contributed by atoms with Crippen molar-refractivity contribution in [2.45, 2.75) is 44.6 Å². The first kappa shape index (κ1) is 19.3. The van der Waals surface area contributed by atoms with Crippen LogP contribution >= 0.6 is 11.3 Å². The molecule has 1 aliphatic carbocycles. The third kappa shape index (κ3) is 4.82. The third-order valence-electron chi connectivity index (χ3n) is 4.54. The molecule has 0 radical (unpaired) electrons. The number of hydrogen-bond donors (Lipinski definition) is 2. The number of carboxylic acids is 1. The molecule has 6 nitrogen and oxygen atoms in total. The zero-order valence-electron chi connectivity index (χ0n) is 14.9. The van der Waals surface area contributed by atoms with E-state index in [-0.39, 0.29) is 18.2 Å². The van der Waals surface area contributed by atoms with Crippen molar-refractivity contribution in [3.8, 4) is 5.75 Å². The molecule has 144 valence electrons. The average Bonchev–Trinajstić information content (AvgIpc) is 3.29. The molecule has 0 saturated heterocycles. The number of aromatic nitrogens is 1. The van der Waals surface area contributed by atoms with Crippen LogP contribution in [0.2, 0.25) is 0 Å². The van der Waals surface area contributed by atoms with Gasteiger partial charge in [-0.1, -0.05) is 12.8 Å². The highest BCUT2D eigenvalue weighted by Crippen LogP contribution is 2.37. The van der Waals surface area contributed by atoms with Gasteiger partial charge in [0.1, 0.15) is 16.4 Å². The van der Waals surface area contributed by atoms with Crippen molar-refractivity contribution < 1.29 is 23.8 Å². The molecule has 1 unspecified atom stereocenters. The molecular formula is C19H21FN2O4S. The van der Waals surface area contributed by atoms with E-state index in [1.165, 1.54) is 48.4 Å². The van der Waals surface area contributed by atoms with E-state index in [9.17, 15) is 19.1 Å². The van der Waals surface area contributed by atoms with Crippen LogP contribution in [0.3, 0.4) is 0 Å². The maximum atomic E-state index is 12.9. The first-order valence-electron chi connectivity index (χ1n) is 8.84. The maximum absolute atomic E-state index is 12.9. The second-order valence-corrected chi connectivity index (χ2v) is 7.59. The number of nitrogens with one attached hydrogen (secondary N) is 1. The number of ether oxygens (including phenoxy) is 1. The molecule has 27 heavy (non-hydrogen) atoms. The molecule has 1 aromatic carbocycles. The van der Waals surface area contributed by atoms with Gasteiger partial charge in [0.25, 0.3) is 5.91 Å². The fourth-order valence-corrected chi connectivity index (χ4v) is 4.25. The summed E-state index contributed by atoms with van der Waals surface area (Å²) in [7, 11) is 0. The predicted molar refractivity (Wildman–Crippen MR) is 98.8 cm³/mol. The van der Waals surface area contributed by atoms with Crippen molar-refractivity contribution in [1.29, 1.82) is 0 Å². The van der Waals surface area contributed by atoms with Gasteiger partial charge in [0.05, 0.1) is 17.2 Å². The average molecular weight is 392 g/mol. The lowest BCUT2D eigenvalue weighted by molar-refractivity contribution is -0.144. The molecule has 1 fully saturated rings. The van der Waals surface area contributed by atoms with Gasteiger partial charge < -0.3 is 15.2 Å². The van der Waals surface area contributed by atoms with Crippen LogP contribution < -0.4 is 10.1 Å². The summed E-state index contributed by atoms with van der Waals surface area (Å²) in [5.41, 5.74) is 0.658. The Morgan fingerprint density at radius 1 is 1.33 bits per heavy atom. The van der Waals surface area contributed by atoms with E-state index in [2.05, 4.69) is 10.3 Å². The number of rotatable bonds is 7. The summed E-state index contributed by atoms with van der Waals surface area (Å²) >= 11 is 1.38. The molecule has 8 heteroatoms. The fraction of sp³-hybridized carbons (Fsp3) is 0.421. The molecule has 1 heterocycles. The first-order valence-corrected chi connectivity index (χ1v) is 9.66. The van der Waals surface area contributed by atoms with Gasteiger partial charge in [0.2, 0.25) is 6.10 Å². The Hall–Kier alpha value is -2.48. The highest BCUT2D eigenvalue weighted by Gasteiger charge is 2.25. The highest BCUT2D eigenvalue weighted by atomic mass is 32.1. The third-order valence-corrected chi connectivity index (χ3v) is 5.86. The maximum Gasteiger partial charge on any atom is 0.346 e. The molecule has 2 N–H and O–H groups in total. The fourth-order valence-electron chi connectivity index (χ4n) is 3.10. The number of hydrogen-bond acceptors (Lipinski definition) is 5. The quantitative estimate of drug-likeness (QED) is 0.753. The molecule has 1 saturated carbocycles. The molecule has 2 aromatic rings. The smallest absolute Gasteiger partial charge is 0.346 e. The zero-order chi connectivity index (χ0) is 19.4. The van der Waals surface area contributed by atoms with Gasteiger partial charge in [0, 0.05) is 5.92 Å². The largest absolute Gasteiger partial charge is 0.478 e. The van der Waals surface area contributed by atoms with Gasteiger partial charge in [-0.25, -0.2) is 14.2 Å². The second kappa shape index (κ2) is 8.47. The summed E-state index contributed by atoms with van der Waals surface area (Å²) < 4.78 is 18.3. The van der Waals surface area contributed by atoms with Crippen LogP contribution in [0.15, 0.2) is 24.3 Å². The van der Waals surface area contributed by atoms with Crippen molar-refractivity contribution in [3.63, 3.8) is 0 Å². The van der Waals surface area contributed by atoms with Crippen LogP contribution in [0.5, 0.6) is 5.75 Å². The predicted octanol–water partition coefficient (Wildman–Crippen LogP) is 3.51. The van der Waals surface area contributed by atoms with Gasteiger partial charge in [-0.05, 0) is 44.0 Å². The van der Waals surface area contributed by atoms with E-state index in [1.807, 2.05) is 0 Å². The minimum absolute atomic E-state index is 0.207. The Morgan fingerprint density at radius 2 is 2.00 bits per heavy atom. The molecule has 1 aliphatic rings.